The maximum atomic E-state index is 2.47. The van der Waals surface area contributed by atoms with Crippen LogP contribution in [-0.4, -0.2) is 24.5 Å². The highest BCUT2D eigenvalue weighted by Crippen LogP contribution is 2.67. The Hall–Kier alpha value is -0.0400. The van der Waals surface area contributed by atoms with Crippen LogP contribution in [0.15, 0.2) is 0 Å². The van der Waals surface area contributed by atoms with Gasteiger partial charge in [-0.3, -0.25) is 0 Å². The topological polar surface area (TPSA) is 3.24 Å². The number of nitrogens with zero attached hydrogens (tertiary/aromatic N) is 1. The van der Waals surface area contributed by atoms with Crippen LogP contribution in [0.2, 0.25) is 0 Å². The van der Waals surface area contributed by atoms with E-state index in [0.29, 0.717) is 5.54 Å². The molecule has 3 aliphatic carbocycles. The molecule has 0 aromatic heterocycles. The van der Waals surface area contributed by atoms with E-state index in [1.54, 1.807) is 0 Å². The van der Waals surface area contributed by atoms with Gasteiger partial charge in [-0.2, -0.15) is 0 Å². The summed E-state index contributed by atoms with van der Waals surface area (Å²) in [5.41, 5.74) is 1.36. The molecule has 1 unspecified atom stereocenters. The summed E-state index contributed by atoms with van der Waals surface area (Å²) in [6.45, 7) is 4.79. The first kappa shape index (κ1) is 9.51. The van der Waals surface area contributed by atoms with Gasteiger partial charge in [0.15, 0.2) is 0 Å². The van der Waals surface area contributed by atoms with E-state index in [-0.39, 0.29) is 0 Å². The van der Waals surface area contributed by atoms with Gasteiger partial charge in [-0.15, -0.1) is 0 Å². The smallest absolute Gasteiger partial charge is 0.0214 e. The van der Waals surface area contributed by atoms with Crippen molar-refractivity contribution in [2.75, 3.05) is 14.1 Å². The molecule has 0 aromatic rings. The lowest BCUT2D eigenvalue weighted by Gasteiger charge is -2.54. The van der Waals surface area contributed by atoms with Gasteiger partial charge in [-0.25, -0.2) is 0 Å². The van der Waals surface area contributed by atoms with Crippen molar-refractivity contribution in [3.8, 4) is 0 Å². The van der Waals surface area contributed by atoms with Gasteiger partial charge in [-0.05, 0) is 51.1 Å². The Kier molecular flexibility index (Phi) is 1.99. The van der Waals surface area contributed by atoms with E-state index in [1.807, 2.05) is 0 Å². The van der Waals surface area contributed by atoms with Gasteiger partial charge < -0.3 is 4.90 Å². The van der Waals surface area contributed by atoms with Gasteiger partial charge >= 0.3 is 0 Å². The van der Waals surface area contributed by atoms with Gasteiger partial charge in [-0.1, -0.05) is 20.3 Å². The average molecular weight is 181 g/mol. The van der Waals surface area contributed by atoms with Crippen molar-refractivity contribution in [3.63, 3.8) is 0 Å². The molecular formula is C12H23N. The normalized spacial score (nSPS) is 45.0. The van der Waals surface area contributed by atoms with Crippen molar-refractivity contribution in [2.45, 2.75) is 51.5 Å². The zero-order valence-corrected chi connectivity index (χ0v) is 9.56. The summed E-state index contributed by atoms with van der Waals surface area (Å²) in [6, 6.07) is 0. The number of fused-ring (bicyclic) bond motifs is 1. The van der Waals surface area contributed by atoms with E-state index in [9.17, 15) is 0 Å². The first-order valence-electron chi connectivity index (χ1n) is 5.72. The van der Waals surface area contributed by atoms with Crippen molar-refractivity contribution < 1.29 is 0 Å². The van der Waals surface area contributed by atoms with Crippen LogP contribution < -0.4 is 0 Å². The lowest BCUT2D eigenvalue weighted by molar-refractivity contribution is -0.0276. The molecule has 0 spiro atoms. The maximum absolute atomic E-state index is 2.47. The third kappa shape index (κ3) is 1.09. The van der Waals surface area contributed by atoms with E-state index in [1.165, 1.54) is 32.1 Å². The molecule has 0 N–H and O–H groups in total. The van der Waals surface area contributed by atoms with Crippen molar-refractivity contribution >= 4 is 0 Å². The summed E-state index contributed by atoms with van der Waals surface area (Å²) < 4.78 is 0. The Morgan fingerprint density at radius 3 is 2.23 bits per heavy atom. The zero-order chi connectivity index (χ0) is 9.69. The van der Waals surface area contributed by atoms with Crippen LogP contribution in [0.4, 0.5) is 0 Å². The molecule has 0 amide bonds. The zero-order valence-electron chi connectivity index (χ0n) is 9.56. The second kappa shape index (κ2) is 2.73. The van der Waals surface area contributed by atoms with Crippen LogP contribution in [0, 0.1) is 11.3 Å². The Morgan fingerprint density at radius 2 is 1.85 bits per heavy atom. The van der Waals surface area contributed by atoms with E-state index >= 15 is 0 Å². The molecule has 0 aromatic carbocycles. The second-order valence-electron chi connectivity index (χ2n) is 5.64. The lowest BCUT2D eigenvalue weighted by atomic mass is 9.58. The Morgan fingerprint density at radius 1 is 1.23 bits per heavy atom. The molecule has 1 nitrogen and oxygen atoms in total. The molecule has 2 bridgehead atoms. The van der Waals surface area contributed by atoms with Crippen LogP contribution in [0.1, 0.15) is 46.0 Å². The molecule has 0 heterocycles. The molecule has 3 fully saturated rings. The molecule has 0 saturated heterocycles. The van der Waals surface area contributed by atoms with Crippen LogP contribution in [0.5, 0.6) is 0 Å². The van der Waals surface area contributed by atoms with Gasteiger partial charge in [0.05, 0.1) is 0 Å². The molecular weight excluding hydrogens is 158 g/mol. The summed E-state index contributed by atoms with van der Waals surface area (Å²) in [4.78, 5) is 2.47. The average Bonchev–Trinajstić information content (AvgIpc) is 2.57. The fourth-order valence-corrected chi connectivity index (χ4v) is 3.66. The fraction of sp³-hybridized carbons (Fsp3) is 1.00. The predicted molar refractivity (Wildman–Crippen MR) is 56.8 cm³/mol. The van der Waals surface area contributed by atoms with Crippen LogP contribution in [0.25, 0.3) is 0 Å². The quantitative estimate of drug-likeness (QED) is 0.647. The predicted octanol–water partition coefficient (Wildman–Crippen LogP) is 2.91. The van der Waals surface area contributed by atoms with E-state index in [2.05, 4.69) is 32.8 Å². The Labute approximate surface area is 82.5 Å². The molecule has 3 aliphatic rings. The standard InChI is InChI=1S/C12H23N/c1-5-10(2)11-6-7-12(8-11,9-11)13(3)4/h10H,5-9H2,1-4H3. The van der Waals surface area contributed by atoms with E-state index in [4.69, 9.17) is 0 Å². The first-order valence-corrected chi connectivity index (χ1v) is 5.72. The van der Waals surface area contributed by atoms with E-state index in [0.717, 1.165) is 11.3 Å². The second-order valence-corrected chi connectivity index (χ2v) is 5.64. The number of hydrogen-bond acceptors (Lipinski definition) is 1. The van der Waals surface area contributed by atoms with Crippen molar-refractivity contribution in [3.05, 3.63) is 0 Å². The Balaban J connectivity index is 2.06. The highest BCUT2D eigenvalue weighted by atomic mass is 15.2. The largest absolute Gasteiger partial charge is 0.304 e. The highest BCUT2D eigenvalue weighted by Gasteiger charge is 2.62. The summed E-state index contributed by atoms with van der Waals surface area (Å²) in [5.74, 6) is 0.947. The summed E-state index contributed by atoms with van der Waals surface area (Å²) in [5, 5.41) is 0. The number of rotatable bonds is 3. The molecule has 3 saturated carbocycles. The lowest BCUT2D eigenvalue weighted by Crippen LogP contribution is -2.54. The minimum Gasteiger partial charge on any atom is -0.304 e. The fourth-order valence-electron chi connectivity index (χ4n) is 3.66. The first-order chi connectivity index (χ1) is 6.05. The number of hydrogen-bond donors (Lipinski definition) is 0. The summed E-state index contributed by atoms with van der Waals surface area (Å²) >= 11 is 0. The van der Waals surface area contributed by atoms with Gasteiger partial charge in [0.1, 0.15) is 0 Å². The van der Waals surface area contributed by atoms with Gasteiger partial charge in [0.2, 0.25) is 0 Å². The Bertz CT molecular complexity index is 201. The summed E-state index contributed by atoms with van der Waals surface area (Å²) in [6.07, 6.45) is 7.25. The molecule has 76 valence electrons. The molecule has 0 aliphatic heterocycles. The molecule has 3 rings (SSSR count). The van der Waals surface area contributed by atoms with Crippen LogP contribution in [0.3, 0.4) is 0 Å². The third-order valence-electron chi connectivity index (χ3n) is 5.06. The molecule has 13 heavy (non-hydrogen) atoms. The van der Waals surface area contributed by atoms with Crippen LogP contribution in [-0.2, 0) is 0 Å². The SMILES string of the molecule is CCC(C)C12CCC(N(C)C)(C1)C2. The highest BCUT2D eigenvalue weighted by molar-refractivity contribution is 5.16. The van der Waals surface area contributed by atoms with Gasteiger partial charge in [0.25, 0.3) is 0 Å². The minimum absolute atomic E-state index is 0.615. The minimum atomic E-state index is 0.615. The van der Waals surface area contributed by atoms with Crippen LogP contribution >= 0.6 is 0 Å². The van der Waals surface area contributed by atoms with Crippen molar-refractivity contribution in [1.29, 1.82) is 0 Å². The monoisotopic (exact) mass is 181 g/mol. The molecule has 0 radical (unpaired) electrons. The van der Waals surface area contributed by atoms with Crippen molar-refractivity contribution in [1.82, 2.24) is 4.90 Å². The molecule has 1 heteroatoms. The van der Waals surface area contributed by atoms with Gasteiger partial charge in [0, 0.05) is 5.54 Å². The summed E-state index contributed by atoms with van der Waals surface area (Å²) in [7, 11) is 4.51. The molecule has 1 atom stereocenters. The third-order valence-corrected chi connectivity index (χ3v) is 5.06. The van der Waals surface area contributed by atoms with E-state index < -0.39 is 0 Å². The maximum Gasteiger partial charge on any atom is 0.0214 e. The van der Waals surface area contributed by atoms with Crippen molar-refractivity contribution in [2.24, 2.45) is 11.3 Å².